The highest BCUT2D eigenvalue weighted by atomic mass is 16.5. The van der Waals surface area contributed by atoms with Crippen LogP contribution in [0.2, 0.25) is 0 Å². The lowest BCUT2D eigenvalue weighted by atomic mass is 10.1. The Morgan fingerprint density at radius 3 is 2.48 bits per heavy atom. The molecule has 0 spiro atoms. The van der Waals surface area contributed by atoms with E-state index >= 15 is 0 Å². The summed E-state index contributed by atoms with van der Waals surface area (Å²) >= 11 is 0. The van der Waals surface area contributed by atoms with E-state index in [1.54, 1.807) is 30.5 Å². The van der Waals surface area contributed by atoms with Gasteiger partial charge in [-0.15, -0.1) is 0 Å². The summed E-state index contributed by atoms with van der Waals surface area (Å²) in [7, 11) is 2.15. The molecule has 2 aromatic rings. The molecule has 1 aliphatic rings. The number of pyridine rings is 1. The van der Waals surface area contributed by atoms with Crippen LogP contribution in [0.4, 0.5) is 5.69 Å². The van der Waals surface area contributed by atoms with Crippen LogP contribution in [0.25, 0.3) is 12.2 Å². The molecule has 0 bridgehead atoms. The first kappa shape index (κ1) is 22.4. The molecule has 0 saturated carbocycles. The number of hydrogen-bond acceptors (Lipinski definition) is 6. The molecule has 3 rings (SSSR count). The number of nitrogens with one attached hydrogen (secondary N) is 1. The van der Waals surface area contributed by atoms with E-state index in [2.05, 4.69) is 41.7 Å². The molecular formula is C24H28N4O3. The average molecular weight is 421 g/mol. The van der Waals surface area contributed by atoms with Gasteiger partial charge in [-0.1, -0.05) is 18.2 Å². The van der Waals surface area contributed by atoms with Gasteiger partial charge in [0.05, 0.1) is 5.69 Å². The molecule has 1 amide bonds. The number of benzene rings is 1. The molecule has 2 heterocycles. The number of ketones is 1. The summed E-state index contributed by atoms with van der Waals surface area (Å²) in [6, 6.07) is 12.2. The fourth-order valence-electron chi connectivity index (χ4n) is 3.55. The summed E-state index contributed by atoms with van der Waals surface area (Å²) in [6.07, 6.45) is 7.53. The number of hydrogen-bond donors (Lipinski definition) is 2. The number of piperazine rings is 1. The van der Waals surface area contributed by atoms with Gasteiger partial charge in [0.1, 0.15) is 0 Å². The highest BCUT2D eigenvalue weighted by Gasteiger charge is 2.26. The molecule has 2 atom stereocenters. The number of allylic oxidation sites excluding steroid dienone is 1. The molecule has 1 aliphatic heterocycles. The number of hydroxylamine groups is 1. The minimum atomic E-state index is -0.626. The van der Waals surface area contributed by atoms with Gasteiger partial charge in [-0.25, -0.2) is 5.48 Å². The van der Waals surface area contributed by atoms with E-state index in [9.17, 15) is 9.59 Å². The second-order valence-electron chi connectivity index (χ2n) is 7.84. The Balaban J connectivity index is 1.67. The highest BCUT2D eigenvalue weighted by molar-refractivity contribution is 6.07. The second-order valence-corrected chi connectivity index (χ2v) is 7.84. The molecule has 162 valence electrons. The third-order valence-corrected chi connectivity index (χ3v) is 5.61. The predicted octanol–water partition coefficient (Wildman–Crippen LogP) is 3.03. The number of rotatable bonds is 6. The molecule has 2 unspecified atom stereocenters. The van der Waals surface area contributed by atoms with Gasteiger partial charge in [-0.3, -0.25) is 24.7 Å². The van der Waals surface area contributed by atoms with Crippen molar-refractivity contribution in [2.75, 3.05) is 25.0 Å². The Labute approximate surface area is 182 Å². The van der Waals surface area contributed by atoms with Crippen molar-refractivity contribution in [2.45, 2.75) is 25.9 Å². The van der Waals surface area contributed by atoms with Crippen molar-refractivity contribution >= 4 is 29.5 Å². The van der Waals surface area contributed by atoms with Crippen molar-refractivity contribution < 1.29 is 14.8 Å². The van der Waals surface area contributed by atoms with Crippen LogP contribution < -0.4 is 10.4 Å². The maximum absolute atomic E-state index is 12.7. The standard InChI is InChI=1S/C24H28N4O3/c1-17-15-28(16-18(2)27(17)3)22-6-4-5-20(13-22)23(29)11-8-19-7-9-21(25-14-19)10-12-24(30)26-31/h4-14,17-18,31H,15-16H2,1-3H3,(H,26,30)/b11-8+,12-10+. The van der Waals surface area contributed by atoms with Crippen LogP contribution in [0.1, 0.15) is 35.5 Å². The van der Waals surface area contributed by atoms with E-state index in [4.69, 9.17) is 5.21 Å². The average Bonchev–Trinajstić information content (AvgIpc) is 2.79. The zero-order valence-electron chi connectivity index (χ0n) is 18.0. The number of amides is 1. The molecule has 0 radical (unpaired) electrons. The van der Waals surface area contributed by atoms with Crippen molar-refractivity contribution in [3.8, 4) is 0 Å². The molecular weight excluding hydrogens is 392 g/mol. The van der Waals surface area contributed by atoms with E-state index in [0.29, 0.717) is 23.3 Å². The second kappa shape index (κ2) is 10.1. The van der Waals surface area contributed by atoms with Gasteiger partial charge >= 0.3 is 0 Å². The third kappa shape index (κ3) is 5.87. The summed E-state index contributed by atoms with van der Waals surface area (Å²) in [5, 5.41) is 8.48. The fraction of sp³-hybridized carbons (Fsp3) is 0.292. The predicted molar refractivity (Wildman–Crippen MR) is 122 cm³/mol. The topological polar surface area (TPSA) is 85.8 Å². The SMILES string of the molecule is CC1CN(c2cccc(C(=O)/C=C/c3ccc(/C=C/C(=O)NO)nc3)c2)CC(C)N1C. The van der Waals surface area contributed by atoms with Crippen LogP contribution in [0.5, 0.6) is 0 Å². The van der Waals surface area contributed by atoms with E-state index in [0.717, 1.165) is 24.3 Å². The van der Waals surface area contributed by atoms with E-state index < -0.39 is 5.91 Å². The molecule has 2 N–H and O–H groups in total. The molecule has 1 saturated heterocycles. The monoisotopic (exact) mass is 420 g/mol. The molecule has 7 nitrogen and oxygen atoms in total. The van der Waals surface area contributed by atoms with Gasteiger partial charge in [-0.05, 0) is 62.9 Å². The molecule has 31 heavy (non-hydrogen) atoms. The zero-order chi connectivity index (χ0) is 22.4. The smallest absolute Gasteiger partial charge is 0.267 e. The normalized spacial score (nSPS) is 19.8. The maximum atomic E-state index is 12.7. The first-order chi connectivity index (χ1) is 14.9. The molecule has 0 aliphatic carbocycles. The van der Waals surface area contributed by atoms with Crippen molar-refractivity contribution in [1.29, 1.82) is 0 Å². The minimum Gasteiger partial charge on any atom is -0.368 e. The first-order valence-electron chi connectivity index (χ1n) is 10.2. The number of likely N-dealkylation sites (N-methyl/N-ethyl adjacent to an activating group) is 1. The van der Waals surface area contributed by atoms with Crippen LogP contribution in [-0.4, -0.2) is 59.0 Å². The van der Waals surface area contributed by atoms with Gasteiger partial charge in [-0.2, -0.15) is 0 Å². The van der Waals surface area contributed by atoms with Gasteiger partial charge in [0.2, 0.25) is 0 Å². The lowest BCUT2D eigenvalue weighted by molar-refractivity contribution is -0.124. The van der Waals surface area contributed by atoms with Crippen molar-refractivity contribution in [2.24, 2.45) is 0 Å². The first-order valence-corrected chi connectivity index (χ1v) is 10.2. The Morgan fingerprint density at radius 1 is 1.10 bits per heavy atom. The number of nitrogens with zero attached hydrogens (tertiary/aromatic N) is 3. The molecule has 1 fully saturated rings. The number of anilines is 1. The van der Waals surface area contributed by atoms with Crippen LogP contribution in [0, 0.1) is 0 Å². The largest absolute Gasteiger partial charge is 0.368 e. The van der Waals surface area contributed by atoms with Crippen molar-refractivity contribution in [3.63, 3.8) is 0 Å². The van der Waals surface area contributed by atoms with E-state index in [-0.39, 0.29) is 5.78 Å². The lowest BCUT2D eigenvalue weighted by Gasteiger charge is -2.43. The summed E-state index contributed by atoms with van der Waals surface area (Å²) in [4.78, 5) is 32.6. The Kier molecular flexibility index (Phi) is 7.33. The zero-order valence-corrected chi connectivity index (χ0v) is 18.0. The summed E-state index contributed by atoms with van der Waals surface area (Å²) in [6.45, 7) is 6.30. The summed E-state index contributed by atoms with van der Waals surface area (Å²) in [5.74, 6) is -0.695. The van der Waals surface area contributed by atoms with Gasteiger partial charge in [0.15, 0.2) is 5.78 Å². The van der Waals surface area contributed by atoms with Crippen LogP contribution >= 0.6 is 0 Å². The lowest BCUT2D eigenvalue weighted by Crippen LogP contribution is -2.55. The van der Waals surface area contributed by atoms with Crippen molar-refractivity contribution in [1.82, 2.24) is 15.4 Å². The van der Waals surface area contributed by atoms with Crippen molar-refractivity contribution in [3.05, 3.63) is 71.6 Å². The maximum Gasteiger partial charge on any atom is 0.267 e. The molecule has 1 aromatic carbocycles. The number of aromatic nitrogens is 1. The summed E-state index contributed by atoms with van der Waals surface area (Å²) < 4.78 is 0. The molecule has 1 aromatic heterocycles. The van der Waals surface area contributed by atoms with E-state index in [1.165, 1.54) is 17.6 Å². The van der Waals surface area contributed by atoms with Crippen LogP contribution in [0.3, 0.4) is 0 Å². The molecule has 7 heteroatoms. The quantitative estimate of drug-likeness (QED) is 0.323. The fourth-order valence-corrected chi connectivity index (χ4v) is 3.55. The summed E-state index contributed by atoms with van der Waals surface area (Å²) in [5.41, 5.74) is 4.57. The van der Waals surface area contributed by atoms with Gasteiger partial charge in [0.25, 0.3) is 5.91 Å². The van der Waals surface area contributed by atoms with Gasteiger partial charge < -0.3 is 4.90 Å². The Hall–Kier alpha value is -3.29. The van der Waals surface area contributed by atoms with Crippen LogP contribution in [0.15, 0.2) is 54.7 Å². The third-order valence-electron chi connectivity index (χ3n) is 5.61. The Morgan fingerprint density at radius 2 is 1.84 bits per heavy atom. The number of carbonyl (C=O) groups excluding carboxylic acids is 2. The number of carbonyl (C=O) groups is 2. The van der Waals surface area contributed by atoms with E-state index in [1.807, 2.05) is 18.2 Å². The highest BCUT2D eigenvalue weighted by Crippen LogP contribution is 2.23. The Bertz CT molecular complexity index is 973. The van der Waals surface area contributed by atoms with Crippen LogP contribution in [-0.2, 0) is 4.79 Å². The van der Waals surface area contributed by atoms with Gasteiger partial charge in [0, 0.05) is 48.7 Å². The minimum absolute atomic E-state index is 0.0688.